The van der Waals surface area contributed by atoms with Crippen LogP contribution in [0.25, 0.3) is 0 Å². The van der Waals surface area contributed by atoms with Crippen molar-refractivity contribution in [3.05, 3.63) is 11.8 Å². The summed E-state index contributed by atoms with van der Waals surface area (Å²) in [6.07, 6.45) is 2.16. The second-order valence-corrected chi connectivity index (χ2v) is 2.84. The summed E-state index contributed by atoms with van der Waals surface area (Å²) < 4.78 is 4.81. The van der Waals surface area contributed by atoms with Gasteiger partial charge in [0.25, 0.3) is 0 Å². The molecule has 1 N–H and O–H groups in total. The van der Waals surface area contributed by atoms with E-state index in [0.717, 1.165) is 0 Å². The van der Waals surface area contributed by atoms with Crippen LogP contribution in [-0.4, -0.2) is 44.5 Å². The molecule has 14 heavy (non-hydrogen) atoms. The third kappa shape index (κ3) is 5.18. The fraction of sp³-hybridized carbons (Fsp3) is 0.556. The average Bonchev–Trinajstić information content (AvgIpc) is 2.12. The third-order valence-corrected chi connectivity index (χ3v) is 1.33. The van der Waals surface area contributed by atoms with Gasteiger partial charge in [-0.1, -0.05) is 0 Å². The van der Waals surface area contributed by atoms with Crippen molar-refractivity contribution in [2.45, 2.75) is 6.92 Å². The highest BCUT2D eigenvalue weighted by Crippen LogP contribution is 1.97. The van der Waals surface area contributed by atoms with Gasteiger partial charge in [0.1, 0.15) is 0 Å². The lowest BCUT2D eigenvalue weighted by Crippen LogP contribution is -2.23. The third-order valence-electron chi connectivity index (χ3n) is 1.33. The Hall–Kier alpha value is -1.52. The Morgan fingerprint density at radius 2 is 2.14 bits per heavy atom. The summed E-state index contributed by atoms with van der Waals surface area (Å²) in [6.45, 7) is 2.24. The van der Waals surface area contributed by atoms with Gasteiger partial charge in [-0.05, 0) is 6.92 Å². The maximum absolute atomic E-state index is 11.3. The van der Waals surface area contributed by atoms with Gasteiger partial charge in [-0.3, -0.25) is 4.79 Å². The second kappa shape index (κ2) is 6.94. The van der Waals surface area contributed by atoms with Gasteiger partial charge in [0.15, 0.2) is 0 Å². The molecule has 0 spiro atoms. The average molecular weight is 200 g/mol. The van der Waals surface area contributed by atoms with Crippen molar-refractivity contribution in [1.82, 2.24) is 10.2 Å². The predicted octanol–water partition coefficient (Wildman–Crippen LogP) is -0.259. The maximum Gasteiger partial charge on any atom is 0.337 e. The van der Waals surface area contributed by atoms with Gasteiger partial charge in [-0.25, -0.2) is 4.79 Å². The molecule has 0 fully saturated rings. The summed E-state index contributed by atoms with van der Waals surface area (Å²) in [6, 6.07) is 0. The van der Waals surface area contributed by atoms with Gasteiger partial charge >= 0.3 is 5.97 Å². The Balaban J connectivity index is 4.37. The van der Waals surface area contributed by atoms with Crippen LogP contribution in [0.5, 0.6) is 0 Å². The molecule has 0 aromatic carbocycles. The van der Waals surface area contributed by atoms with E-state index in [4.69, 9.17) is 4.74 Å². The fourth-order valence-corrected chi connectivity index (χ4v) is 0.858. The van der Waals surface area contributed by atoms with Crippen molar-refractivity contribution >= 4 is 12.4 Å². The Bertz CT molecular complexity index is 224. The second-order valence-electron chi connectivity index (χ2n) is 2.84. The minimum Gasteiger partial charge on any atom is -0.463 e. The van der Waals surface area contributed by atoms with E-state index >= 15 is 0 Å². The lowest BCUT2D eigenvalue weighted by molar-refractivity contribution is -0.138. The van der Waals surface area contributed by atoms with Crippen molar-refractivity contribution in [2.75, 3.05) is 27.2 Å². The van der Waals surface area contributed by atoms with E-state index in [-0.39, 0.29) is 6.54 Å². The Morgan fingerprint density at radius 1 is 1.50 bits per heavy atom. The zero-order valence-corrected chi connectivity index (χ0v) is 8.74. The van der Waals surface area contributed by atoms with Crippen molar-refractivity contribution in [3.8, 4) is 0 Å². The molecule has 0 radical (unpaired) electrons. The summed E-state index contributed by atoms with van der Waals surface area (Å²) in [7, 11) is 3.58. The first kappa shape index (κ1) is 12.5. The molecule has 5 heteroatoms. The maximum atomic E-state index is 11.3. The quantitative estimate of drug-likeness (QED) is 0.364. The van der Waals surface area contributed by atoms with Crippen molar-refractivity contribution < 1.29 is 14.3 Å². The number of hydrogen-bond acceptors (Lipinski definition) is 4. The smallest absolute Gasteiger partial charge is 0.337 e. The number of nitrogens with one attached hydrogen (secondary N) is 1. The molecule has 0 bridgehead atoms. The minimum atomic E-state index is -0.407. The molecule has 0 aromatic rings. The zero-order valence-electron chi connectivity index (χ0n) is 8.74. The lowest BCUT2D eigenvalue weighted by Gasteiger charge is -2.10. The highest BCUT2D eigenvalue weighted by Gasteiger charge is 2.09. The first-order valence-corrected chi connectivity index (χ1v) is 4.33. The summed E-state index contributed by atoms with van der Waals surface area (Å²) in [5, 5.41) is 2.42. The highest BCUT2D eigenvalue weighted by atomic mass is 16.5. The summed E-state index contributed by atoms with van der Waals surface area (Å²) in [5.41, 5.74) is 0.420. The first-order valence-electron chi connectivity index (χ1n) is 4.33. The molecule has 0 aliphatic heterocycles. The molecule has 0 heterocycles. The van der Waals surface area contributed by atoms with Crippen molar-refractivity contribution in [2.24, 2.45) is 0 Å². The van der Waals surface area contributed by atoms with E-state index in [1.807, 2.05) is 0 Å². The van der Waals surface area contributed by atoms with Gasteiger partial charge in [0, 0.05) is 20.3 Å². The van der Waals surface area contributed by atoms with Crippen LogP contribution in [-0.2, 0) is 14.3 Å². The van der Waals surface area contributed by atoms with Crippen LogP contribution in [0, 0.1) is 0 Å². The van der Waals surface area contributed by atoms with Crippen LogP contribution >= 0.6 is 0 Å². The van der Waals surface area contributed by atoms with E-state index in [0.29, 0.717) is 18.6 Å². The largest absolute Gasteiger partial charge is 0.463 e. The summed E-state index contributed by atoms with van der Waals surface area (Å²) in [5.74, 6) is -0.407. The van der Waals surface area contributed by atoms with Crippen LogP contribution in [0.15, 0.2) is 11.8 Å². The van der Waals surface area contributed by atoms with E-state index in [2.05, 4.69) is 5.32 Å². The number of esters is 1. The van der Waals surface area contributed by atoms with Crippen LogP contribution in [0.2, 0.25) is 0 Å². The molecule has 0 saturated carbocycles. The van der Waals surface area contributed by atoms with Gasteiger partial charge in [-0.15, -0.1) is 0 Å². The van der Waals surface area contributed by atoms with Crippen LogP contribution in [0.1, 0.15) is 6.92 Å². The van der Waals surface area contributed by atoms with Crippen LogP contribution in [0.4, 0.5) is 0 Å². The Kier molecular flexibility index (Phi) is 6.19. The van der Waals surface area contributed by atoms with Crippen molar-refractivity contribution in [3.63, 3.8) is 0 Å². The topological polar surface area (TPSA) is 58.6 Å². The minimum absolute atomic E-state index is 0.181. The summed E-state index contributed by atoms with van der Waals surface area (Å²) >= 11 is 0. The molecule has 1 amide bonds. The zero-order chi connectivity index (χ0) is 11.0. The number of rotatable bonds is 6. The van der Waals surface area contributed by atoms with E-state index < -0.39 is 5.97 Å². The Labute approximate surface area is 83.7 Å². The van der Waals surface area contributed by atoms with Crippen LogP contribution < -0.4 is 5.32 Å². The summed E-state index contributed by atoms with van der Waals surface area (Å²) in [4.78, 5) is 23.1. The number of hydrogen-bond donors (Lipinski definition) is 1. The predicted molar refractivity (Wildman–Crippen MR) is 52.5 cm³/mol. The molecular formula is C9H16N2O3. The highest BCUT2D eigenvalue weighted by molar-refractivity contribution is 5.89. The molecule has 0 aliphatic rings. The number of carbonyl (C=O) groups is 2. The molecule has 0 atom stereocenters. The molecular weight excluding hydrogens is 184 g/mol. The lowest BCUT2D eigenvalue weighted by atomic mass is 10.3. The standard InChI is InChI=1S/C9H16N2O3/c1-4-14-9(13)8(5-10-7-12)6-11(2)3/h6-7H,4-5H2,1-3H3,(H,10,12). The Morgan fingerprint density at radius 3 is 2.57 bits per heavy atom. The van der Waals surface area contributed by atoms with E-state index in [9.17, 15) is 9.59 Å². The molecule has 0 aliphatic carbocycles. The monoisotopic (exact) mass is 200 g/mol. The number of carbonyl (C=O) groups excluding carboxylic acids is 2. The van der Waals surface area contributed by atoms with E-state index in [1.54, 1.807) is 32.1 Å². The number of ether oxygens (including phenoxy) is 1. The molecule has 0 rings (SSSR count). The molecule has 0 unspecified atom stereocenters. The normalized spacial score (nSPS) is 10.6. The molecule has 0 saturated heterocycles. The van der Waals surface area contributed by atoms with Crippen LogP contribution in [0.3, 0.4) is 0 Å². The van der Waals surface area contributed by atoms with Gasteiger partial charge in [0.05, 0.1) is 18.7 Å². The number of amides is 1. The van der Waals surface area contributed by atoms with E-state index in [1.165, 1.54) is 0 Å². The molecule has 0 aromatic heterocycles. The van der Waals surface area contributed by atoms with Crippen molar-refractivity contribution in [1.29, 1.82) is 0 Å². The first-order chi connectivity index (χ1) is 6.61. The van der Waals surface area contributed by atoms with Gasteiger partial charge in [-0.2, -0.15) is 0 Å². The SMILES string of the molecule is CCOC(=O)C(=CN(C)C)CNC=O. The fourth-order valence-electron chi connectivity index (χ4n) is 0.858. The molecule has 5 nitrogen and oxygen atoms in total. The van der Waals surface area contributed by atoms with Gasteiger partial charge < -0.3 is 15.0 Å². The number of nitrogens with zero attached hydrogens (tertiary/aromatic N) is 1. The van der Waals surface area contributed by atoms with Gasteiger partial charge in [0.2, 0.25) is 6.41 Å². The molecule has 80 valence electrons.